The van der Waals surface area contributed by atoms with E-state index < -0.39 is 0 Å². The number of ether oxygens (including phenoxy) is 1. The van der Waals surface area contributed by atoms with Crippen molar-refractivity contribution >= 4 is 17.3 Å². The number of anilines is 1. The van der Waals surface area contributed by atoms with Gasteiger partial charge in [0.1, 0.15) is 0 Å². The third-order valence-corrected chi connectivity index (χ3v) is 3.97. The van der Waals surface area contributed by atoms with Gasteiger partial charge in [0.15, 0.2) is 0 Å². The Morgan fingerprint density at radius 3 is 3.00 bits per heavy atom. The standard InChI is InChI=1S/C15H23ClN2O2/c1-3-17-11(2)12-4-5-15(14(16)8-12)18-6-7-20-13(9-18)10-19/h4-5,8,11,13,17,19H,3,6-7,9-10H2,1-2H3. The highest BCUT2D eigenvalue weighted by molar-refractivity contribution is 6.33. The number of morpholine rings is 1. The van der Waals surface area contributed by atoms with Crippen LogP contribution in [0.4, 0.5) is 5.69 Å². The number of nitrogens with zero attached hydrogens (tertiary/aromatic N) is 1. The lowest BCUT2D eigenvalue weighted by atomic mass is 10.1. The highest BCUT2D eigenvalue weighted by atomic mass is 35.5. The van der Waals surface area contributed by atoms with Crippen LogP contribution in [0.1, 0.15) is 25.5 Å². The highest BCUT2D eigenvalue weighted by Gasteiger charge is 2.21. The Morgan fingerprint density at radius 1 is 1.55 bits per heavy atom. The SMILES string of the molecule is CCNC(C)c1ccc(N2CCOC(CO)C2)c(Cl)c1. The summed E-state index contributed by atoms with van der Waals surface area (Å²) in [6, 6.07) is 6.48. The average Bonchev–Trinajstić information content (AvgIpc) is 2.47. The Hall–Kier alpha value is -0.810. The quantitative estimate of drug-likeness (QED) is 0.875. The van der Waals surface area contributed by atoms with E-state index in [1.165, 1.54) is 5.56 Å². The van der Waals surface area contributed by atoms with Gasteiger partial charge in [-0.1, -0.05) is 24.6 Å². The maximum atomic E-state index is 9.21. The van der Waals surface area contributed by atoms with Gasteiger partial charge in [0.25, 0.3) is 0 Å². The summed E-state index contributed by atoms with van der Waals surface area (Å²) in [7, 11) is 0. The fourth-order valence-corrected chi connectivity index (χ4v) is 2.83. The van der Waals surface area contributed by atoms with Crippen molar-refractivity contribution in [3.63, 3.8) is 0 Å². The molecule has 0 saturated carbocycles. The van der Waals surface area contributed by atoms with E-state index in [4.69, 9.17) is 16.3 Å². The minimum atomic E-state index is -0.125. The molecule has 4 nitrogen and oxygen atoms in total. The van der Waals surface area contributed by atoms with Crippen LogP contribution in [0.3, 0.4) is 0 Å². The lowest BCUT2D eigenvalue weighted by Crippen LogP contribution is -2.44. The Kier molecular flexibility index (Phi) is 5.66. The van der Waals surface area contributed by atoms with Gasteiger partial charge in [-0.2, -0.15) is 0 Å². The van der Waals surface area contributed by atoms with Crippen LogP contribution < -0.4 is 10.2 Å². The molecule has 2 N–H and O–H groups in total. The van der Waals surface area contributed by atoms with Crippen molar-refractivity contribution in [3.05, 3.63) is 28.8 Å². The summed E-state index contributed by atoms with van der Waals surface area (Å²) < 4.78 is 5.47. The maximum absolute atomic E-state index is 9.21. The molecule has 2 rings (SSSR count). The maximum Gasteiger partial charge on any atom is 0.0980 e. The second-order valence-corrected chi connectivity index (χ2v) is 5.52. The lowest BCUT2D eigenvalue weighted by molar-refractivity contribution is 0.00357. The first-order valence-corrected chi connectivity index (χ1v) is 7.53. The second-order valence-electron chi connectivity index (χ2n) is 5.11. The van der Waals surface area contributed by atoms with Crippen LogP contribution >= 0.6 is 11.6 Å². The highest BCUT2D eigenvalue weighted by Crippen LogP contribution is 2.30. The molecule has 0 radical (unpaired) electrons. The number of rotatable bonds is 5. The van der Waals surface area contributed by atoms with Gasteiger partial charge in [-0.25, -0.2) is 0 Å². The van der Waals surface area contributed by atoms with Crippen LogP contribution in [0, 0.1) is 0 Å². The Morgan fingerprint density at radius 2 is 2.35 bits per heavy atom. The first-order chi connectivity index (χ1) is 9.65. The third kappa shape index (κ3) is 3.64. The normalized spacial score (nSPS) is 21.0. The van der Waals surface area contributed by atoms with Gasteiger partial charge in [0.2, 0.25) is 0 Å². The number of hydrogen-bond donors (Lipinski definition) is 2. The average molecular weight is 299 g/mol. The first-order valence-electron chi connectivity index (χ1n) is 7.16. The molecule has 0 aromatic heterocycles. The van der Waals surface area contributed by atoms with Crippen LogP contribution in [0.5, 0.6) is 0 Å². The topological polar surface area (TPSA) is 44.7 Å². The van der Waals surface area contributed by atoms with Gasteiger partial charge >= 0.3 is 0 Å². The molecule has 1 aliphatic heterocycles. The van der Waals surface area contributed by atoms with Crippen molar-refractivity contribution in [2.75, 3.05) is 37.7 Å². The van der Waals surface area contributed by atoms with Crippen molar-refractivity contribution < 1.29 is 9.84 Å². The largest absolute Gasteiger partial charge is 0.394 e. The molecule has 1 heterocycles. The molecule has 1 aromatic carbocycles. The molecule has 0 spiro atoms. The van der Waals surface area contributed by atoms with E-state index in [1.807, 2.05) is 6.07 Å². The number of hydrogen-bond acceptors (Lipinski definition) is 4. The van der Waals surface area contributed by atoms with E-state index in [0.29, 0.717) is 19.2 Å². The zero-order valence-electron chi connectivity index (χ0n) is 12.1. The summed E-state index contributed by atoms with van der Waals surface area (Å²) in [4.78, 5) is 2.18. The summed E-state index contributed by atoms with van der Waals surface area (Å²) in [6.45, 7) is 7.31. The van der Waals surface area contributed by atoms with Crippen LogP contribution in [-0.4, -0.2) is 44.1 Å². The van der Waals surface area contributed by atoms with E-state index in [9.17, 15) is 5.11 Å². The lowest BCUT2D eigenvalue weighted by Gasteiger charge is -2.34. The summed E-state index contributed by atoms with van der Waals surface area (Å²) >= 11 is 6.43. The van der Waals surface area contributed by atoms with Crippen molar-refractivity contribution in [2.45, 2.75) is 26.0 Å². The molecule has 0 aliphatic carbocycles. The molecular formula is C15H23ClN2O2. The van der Waals surface area contributed by atoms with Crippen LogP contribution in [0.15, 0.2) is 18.2 Å². The molecular weight excluding hydrogens is 276 g/mol. The Labute approximate surface area is 125 Å². The molecule has 1 fully saturated rings. The molecule has 1 saturated heterocycles. The summed E-state index contributed by atoms with van der Waals surface area (Å²) in [5.74, 6) is 0. The fourth-order valence-electron chi connectivity index (χ4n) is 2.52. The van der Waals surface area contributed by atoms with Gasteiger partial charge in [0, 0.05) is 19.1 Å². The molecule has 1 aliphatic rings. The molecule has 1 aromatic rings. The van der Waals surface area contributed by atoms with E-state index in [1.54, 1.807) is 0 Å². The molecule has 112 valence electrons. The van der Waals surface area contributed by atoms with Gasteiger partial charge in [-0.15, -0.1) is 0 Å². The Bertz CT molecular complexity index is 442. The molecule has 5 heteroatoms. The summed E-state index contributed by atoms with van der Waals surface area (Å²) in [5.41, 5.74) is 2.20. The minimum Gasteiger partial charge on any atom is -0.394 e. The van der Waals surface area contributed by atoms with E-state index in [-0.39, 0.29) is 12.7 Å². The monoisotopic (exact) mass is 298 g/mol. The zero-order chi connectivity index (χ0) is 14.5. The second kappa shape index (κ2) is 7.27. The molecule has 0 bridgehead atoms. The molecule has 2 atom stereocenters. The Balaban J connectivity index is 2.13. The number of aliphatic hydroxyl groups excluding tert-OH is 1. The predicted octanol–water partition coefficient (Wildman–Crippen LogP) is 2.21. The van der Waals surface area contributed by atoms with Gasteiger partial charge in [-0.05, 0) is 31.2 Å². The minimum absolute atomic E-state index is 0.0453. The predicted molar refractivity (Wildman–Crippen MR) is 82.6 cm³/mol. The van der Waals surface area contributed by atoms with Crippen LogP contribution in [0.2, 0.25) is 5.02 Å². The first kappa shape index (κ1) is 15.6. The summed E-state index contributed by atoms with van der Waals surface area (Å²) in [6.07, 6.45) is -0.125. The fraction of sp³-hybridized carbons (Fsp3) is 0.600. The van der Waals surface area contributed by atoms with Crippen molar-refractivity contribution in [3.8, 4) is 0 Å². The van der Waals surface area contributed by atoms with Crippen LogP contribution in [0.25, 0.3) is 0 Å². The van der Waals surface area contributed by atoms with E-state index in [2.05, 4.69) is 36.2 Å². The smallest absolute Gasteiger partial charge is 0.0980 e. The molecule has 20 heavy (non-hydrogen) atoms. The van der Waals surface area contributed by atoms with Crippen molar-refractivity contribution in [2.24, 2.45) is 0 Å². The number of benzene rings is 1. The number of aliphatic hydroxyl groups is 1. The number of halogens is 1. The van der Waals surface area contributed by atoms with E-state index in [0.717, 1.165) is 23.8 Å². The zero-order valence-corrected chi connectivity index (χ0v) is 12.9. The van der Waals surface area contributed by atoms with Gasteiger partial charge in [-0.3, -0.25) is 0 Å². The van der Waals surface area contributed by atoms with Crippen molar-refractivity contribution in [1.29, 1.82) is 0 Å². The van der Waals surface area contributed by atoms with E-state index >= 15 is 0 Å². The number of nitrogens with one attached hydrogen (secondary N) is 1. The van der Waals surface area contributed by atoms with Crippen LogP contribution in [-0.2, 0) is 4.74 Å². The molecule has 2 unspecified atom stereocenters. The third-order valence-electron chi connectivity index (χ3n) is 3.67. The van der Waals surface area contributed by atoms with Gasteiger partial charge < -0.3 is 20.1 Å². The molecule has 0 amide bonds. The van der Waals surface area contributed by atoms with Gasteiger partial charge in [0.05, 0.1) is 30.0 Å². The van der Waals surface area contributed by atoms with Crippen molar-refractivity contribution in [1.82, 2.24) is 5.32 Å². The summed E-state index contributed by atoms with van der Waals surface area (Å²) in [5, 5.41) is 13.3.